The van der Waals surface area contributed by atoms with Gasteiger partial charge in [-0.25, -0.2) is 4.98 Å². The van der Waals surface area contributed by atoms with Crippen LogP contribution >= 0.6 is 0 Å². The smallest absolute Gasteiger partial charge is 0.323 e. The summed E-state index contributed by atoms with van der Waals surface area (Å²) in [4.78, 5) is 15.5. The van der Waals surface area contributed by atoms with E-state index in [1.54, 1.807) is 4.57 Å². The Kier molecular flexibility index (Phi) is 3.11. The second kappa shape index (κ2) is 4.91. The lowest BCUT2D eigenvalue weighted by molar-refractivity contribution is -0.137. The lowest BCUT2D eigenvalue weighted by Crippen LogP contribution is -2.23. The van der Waals surface area contributed by atoms with Gasteiger partial charge in [-0.1, -0.05) is 18.6 Å². The van der Waals surface area contributed by atoms with Crippen LogP contribution < -0.4 is 5.32 Å². The summed E-state index contributed by atoms with van der Waals surface area (Å²) in [6, 6.07) is 7.62. The topological polar surface area (TPSA) is 67.2 Å². The minimum absolute atomic E-state index is 0.0620. The van der Waals surface area contributed by atoms with Crippen molar-refractivity contribution in [1.82, 2.24) is 9.55 Å². The molecule has 0 bridgehead atoms. The van der Waals surface area contributed by atoms with Gasteiger partial charge in [-0.05, 0) is 30.9 Å². The van der Waals surface area contributed by atoms with E-state index in [1.807, 2.05) is 24.3 Å². The van der Waals surface area contributed by atoms with E-state index in [4.69, 9.17) is 5.11 Å². The number of aliphatic carboxylic acids is 1. The summed E-state index contributed by atoms with van der Waals surface area (Å²) < 4.78 is 1.73. The molecule has 100 valence electrons. The van der Waals surface area contributed by atoms with Crippen LogP contribution in [0.25, 0.3) is 11.0 Å². The fourth-order valence-corrected chi connectivity index (χ4v) is 2.44. The average Bonchev–Trinajstić information content (AvgIpc) is 2.65. The van der Waals surface area contributed by atoms with Crippen molar-refractivity contribution in [2.24, 2.45) is 5.92 Å². The zero-order chi connectivity index (χ0) is 13.2. The van der Waals surface area contributed by atoms with Gasteiger partial charge in [0.25, 0.3) is 0 Å². The Bertz CT molecular complexity index is 602. The molecular weight excluding hydrogens is 242 g/mol. The molecule has 5 nitrogen and oxygen atoms in total. The average molecular weight is 259 g/mol. The van der Waals surface area contributed by atoms with E-state index in [0.29, 0.717) is 11.9 Å². The van der Waals surface area contributed by atoms with Gasteiger partial charge in [-0.2, -0.15) is 0 Å². The fourth-order valence-electron chi connectivity index (χ4n) is 2.44. The van der Waals surface area contributed by atoms with Crippen LogP contribution in [0.1, 0.15) is 19.3 Å². The number of rotatable bonds is 5. The lowest BCUT2D eigenvalue weighted by atomic mass is 9.85. The first-order chi connectivity index (χ1) is 9.24. The summed E-state index contributed by atoms with van der Waals surface area (Å²) in [5.74, 6) is 0.517. The van der Waals surface area contributed by atoms with E-state index in [9.17, 15) is 4.79 Å². The monoisotopic (exact) mass is 259 g/mol. The Labute approximate surface area is 111 Å². The van der Waals surface area contributed by atoms with Crippen LogP contribution in [0, 0.1) is 5.92 Å². The molecule has 1 fully saturated rings. The summed E-state index contributed by atoms with van der Waals surface area (Å²) in [6.45, 7) is 0.816. The normalized spacial score (nSPS) is 15.4. The van der Waals surface area contributed by atoms with Gasteiger partial charge in [-0.15, -0.1) is 0 Å². The first-order valence-corrected chi connectivity index (χ1v) is 6.65. The zero-order valence-corrected chi connectivity index (χ0v) is 10.7. The van der Waals surface area contributed by atoms with E-state index in [-0.39, 0.29) is 6.54 Å². The molecule has 0 unspecified atom stereocenters. The predicted octanol–water partition coefficient (Wildman–Crippen LogP) is 2.33. The minimum Gasteiger partial charge on any atom is -0.480 e. The van der Waals surface area contributed by atoms with Crippen LogP contribution in [-0.2, 0) is 11.3 Å². The highest BCUT2D eigenvalue weighted by Crippen LogP contribution is 2.27. The van der Waals surface area contributed by atoms with Crippen LogP contribution in [0.3, 0.4) is 0 Å². The number of imidazole rings is 1. The fraction of sp³-hybridized carbons (Fsp3) is 0.429. The second-order valence-electron chi connectivity index (χ2n) is 5.08. The minimum atomic E-state index is -0.852. The number of carbonyl (C=O) groups is 1. The molecule has 0 saturated heterocycles. The van der Waals surface area contributed by atoms with Crippen molar-refractivity contribution in [2.45, 2.75) is 25.8 Å². The quantitative estimate of drug-likeness (QED) is 0.864. The van der Waals surface area contributed by atoms with E-state index >= 15 is 0 Å². The molecule has 5 heteroatoms. The molecule has 1 aliphatic rings. The first kappa shape index (κ1) is 12.0. The molecule has 0 atom stereocenters. The van der Waals surface area contributed by atoms with Gasteiger partial charge >= 0.3 is 5.97 Å². The van der Waals surface area contributed by atoms with Crippen molar-refractivity contribution in [3.8, 4) is 0 Å². The third-order valence-electron chi connectivity index (χ3n) is 3.72. The van der Waals surface area contributed by atoms with Gasteiger partial charge in [0.15, 0.2) is 0 Å². The first-order valence-electron chi connectivity index (χ1n) is 6.65. The van der Waals surface area contributed by atoms with E-state index in [1.165, 1.54) is 19.3 Å². The molecule has 0 radical (unpaired) electrons. The number of nitrogens with one attached hydrogen (secondary N) is 1. The third kappa shape index (κ3) is 2.41. The summed E-state index contributed by atoms with van der Waals surface area (Å²) in [7, 11) is 0. The largest absolute Gasteiger partial charge is 0.480 e. The Hall–Kier alpha value is -2.04. The Morgan fingerprint density at radius 3 is 2.89 bits per heavy atom. The maximum Gasteiger partial charge on any atom is 0.323 e. The van der Waals surface area contributed by atoms with Crippen molar-refractivity contribution in [3.63, 3.8) is 0 Å². The molecule has 2 N–H and O–H groups in total. The van der Waals surface area contributed by atoms with Crippen molar-refractivity contribution in [2.75, 3.05) is 11.9 Å². The Morgan fingerprint density at radius 1 is 1.42 bits per heavy atom. The number of benzene rings is 1. The highest BCUT2D eigenvalue weighted by atomic mass is 16.4. The van der Waals surface area contributed by atoms with Crippen LogP contribution in [0.15, 0.2) is 24.3 Å². The van der Waals surface area contributed by atoms with Crippen LogP contribution in [0.2, 0.25) is 0 Å². The molecule has 1 aromatic heterocycles. The Balaban J connectivity index is 1.89. The number of carboxylic acids is 1. The molecule has 1 aromatic carbocycles. The molecule has 19 heavy (non-hydrogen) atoms. The lowest BCUT2D eigenvalue weighted by Gasteiger charge is -2.25. The van der Waals surface area contributed by atoms with Crippen molar-refractivity contribution in [1.29, 1.82) is 0 Å². The van der Waals surface area contributed by atoms with Crippen molar-refractivity contribution in [3.05, 3.63) is 24.3 Å². The van der Waals surface area contributed by atoms with E-state index in [0.717, 1.165) is 17.6 Å². The van der Waals surface area contributed by atoms with Crippen molar-refractivity contribution < 1.29 is 9.90 Å². The second-order valence-corrected chi connectivity index (χ2v) is 5.08. The number of hydrogen-bond acceptors (Lipinski definition) is 3. The molecular formula is C14H17N3O2. The maximum atomic E-state index is 11.0. The van der Waals surface area contributed by atoms with Gasteiger partial charge in [0.2, 0.25) is 5.95 Å². The number of fused-ring (bicyclic) bond motifs is 1. The van der Waals surface area contributed by atoms with E-state index < -0.39 is 5.97 Å². The molecule has 3 rings (SSSR count). The molecule has 1 aliphatic carbocycles. The highest BCUT2D eigenvalue weighted by molar-refractivity contribution is 5.81. The zero-order valence-electron chi connectivity index (χ0n) is 10.7. The van der Waals surface area contributed by atoms with Gasteiger partial charge in [-0.3, -0.25) is 9.36 Å². The molecule has 2 aromatic rings. The summed E-state index contributed by atoms with van der Waals surface area (Å²) in [6.07, 6.45) is 3.82. The van der Waals surface area contributed by atoms with Crippen molar-refractivity contribution >= 4 is 23.0 Å². The third-order valence-corrected chi connectivity index (χ3v) is 3.72. The number of anilines is 1. The van der Waals surface area contributed by atoms with Crippen LogP contribution in [0.4, 0.5) is 5.95 Å². The number of nitrogens with zero attached hydrogens (tertiary/aromatic N) is 2. The van der Waals surface area contributed by atoms with Crippen LogP contribution in [-0.4, -0.2) is 27.2 Å². The maximum absolute atomic E-state index is 11.0. The molecule has 0 spiro atoms. The number of para-hydroxylation sites is 2. The molecule has 1 saturated carbocycles. The van der Waals surface area contributed by atoms with Gasteiger partial charge in [0, 0.05) is 6.54 Å². The van der Waals surface area contributed by atoms with E-state index in [2.05, 4.69) is 10.3 Å². The molecule has 0 amide bonds. The highest BCUT2D eigenvalue weighted by Gasteiger charge is 2.19. The van der Waals surface area contributed by atoms with Crippen LogP contribution in [0.5, 0.6) is 0 Å². The standard InChI is InChI=1S/C14H17N3O2/c18-13(19)9-17-12-7-2-1-6-11(12)16-14(17)15-8-10-4-3-5-10/h1-2,6-7,10H,3-5,8-9H2,(H,15,16)(H,18,19). The van der Waals surface area contributed by atoms with Gasteiger partial charge in [0.05, 0.1) is 11.0 Å². The summed E-state index contributed by atoms with van der Waals surface area (Å²) >= 11 is 0. The van der Waals surface area contributed by atoms with Gasteiger partial charge < -0.3 is 10.4 Å². The number of carboxylic acid groups (broad SMARTS) is 1. The SMILES string of the molecule is O=C(O)Cn1c(NCC2CCC2)nc2ccccc21. The Morgan fingerprint density at radius 2 is 2.21 bits per heavy atom. The molecule has 1 heterocycles. The number of hydrogen-bond donors (Lipinski definition) is 2. The molecule has 0 aliphatic heterocycles. The summed E-state index contributed by atoms with van der Waals surface area (Å²) in [5.41, 5.74) is 1.70. The predicted molar refractivity (Wildman–Crippen MR) is 73.2 cm³/mol. The van der Waals surface area contributed by atoms with Gasteiger partial charge in [0.1, 0.15) is 6.54 Å². The number of aromatic nitrogens is 2. The summed E-state index contributed by atoms with van der Waals surface area (Å²) in [5, 5.41) is 12.3.